The van der Waals surface area contributed by atoms with E-state index in [1.807, 2.05) is 0 Å². The number of sulfonamides is 2. The summed E-state index contributed by atoms with van der Waals surface area (Å²) in [5.41, 5.74) is 0.857. The van der Waals surface area contributed by atoms with E-state index in [2.05, 4.69) is 5.32 Å². The molecule has 1 aliphatic rings. The molecule has 0 aliphatic carbocycles. The van der Waals surface area contributed by atoms with Crippen LogP contribution in [-0.2, 0) is 26.6 Å². The minimum Gasteiger partial charge on any atom is -0.348 e. The average molecular weight is 494 g/mol. The Bertz CT molecular complexity index is 1200. The molecule has 0 saturated carbocycles. The van der Waals surface area contributed by atoms with Crippen LogP contribution < -0.4 is 5.32 Å². The molecule has 33 heavy (non-hydrogen) atoms. The van der Waals surface area contributed by atoms with Crippen molar-refractivity contribution >= 4 is 26.0 Å². The van der Waals surface area contributed by atoms with Crippen LogP contribution in [0.2, 0.25) is 0 Å². The van der Waals surface area contributed by atoms with Gasteiger partial charge in [-0.2, -0.15) is 8.61 Å². The zero-order chi connectivity index (χ0) is 24.2. The minimum absolute atomic E-state index is 0.0426. The van der Waals surface area contributed by atoms with Gasteiger partial charge in [0, 0.05) is 38.3 Å². The maximum Gasteiger partial charge on any atom is 0.251 e. The molecule has 1 aliphatic heterocycles. The monoisotopic (exact) mass is 493 g/mol. The molecule has 3 rings (SSSR count). The summed E-state index contributed by atoms with van der Waals surface area (Å²) in [6, 6.07) is 12.2. The largest absolute Gasteiger partial charge is 0.348 e. The summed E-state index contributed by atoms with van der Waals surface area (Å²) in [7, 11) is -5.78. The van der Waals surface area contributed by atoms with Crippen molar-refractivity contribution in [2.45, 2.75) is 55.5 Å². The van der Waals surface area contributed by atoms with Gasteiger partial charge in [0.1, 0.15) is 0 Å². The van der Waals surface area contributed by atoms with Gasteiger partial charge in [-0.1, -0.05) is 24.6 Å². The molecular formula is C23H31N3O5S2. The van der Waals surface area contributed by atoms with Crippen LogP contribution in [-0.4, -0.2) is 57.5 Å². The number of carbonyl (C=O) groups is 1. The fourth-order valence-electron chi connectivity index (χ4n) is 3.60. The number of hydrogen-bond acceptors (Lipinski definition) is 5. The molecule has 0 spiro atoms. The van der Waals surface area contributed by atoms with E-state index < -0.39 is 26.0 Å². The number of hydrogen-bond donors (Lipinski definition) is 1. The molecular weight excluding hydrogens is 462 g/mol. The molecule has 0 unspecified atom stereocenters. The van der Waals surface area contributed by atoms with Gasteiger partial charge in [-0.05, 0) is 62.6 Å². The first-order chi connectivity index (χ1) is 15.5. The molecule has 0 atom stereocenters. The predicted molar refractivity (Wildman–Crippen MR) is 127 cm³/mol. The van der Waals surface area contributed by atoms with Gasteiger partial charge in [0.25, 0.3) is 5.91 Å². The Balaban J connectivity index is 1.72. The van der Waals surface area contributed by atoms with Crippen LogP contribution in [0.15, 0.2) is 58.3 Å². The van der Waals surface area contributed by atoms with Gasteiger partial charge in [0.05, 0.1) is 9.79 Å². The maximum atomic E-state index is 12.9. The summed E-state index contributed by atoms with van der Waals surface area (Å²) < 4.78 is 54.0. The third-order valence-electron chi connectivity index (χ3n) is 5.80. The molecule has 1 N–H and O–H groups in total. The Morgan fingerprint density at radius 3 is 2.27 bits per heavy atom. The SMILES string of the molecule is CC(C)N(C)S(=O)(=O)c1cccc(C(=O)NCc2cccc(S(=O)(=O)N3CCCCC3)c2)c1. The van der Waals surface area contributed by atoms with E-state index in [0.717, 1.165) is 19.3 Å². The average Bonchev–Trinajstić information content (AvgIpc) is 2.82. The number of nitrogens with zero attached hydrogens (tertiary/aromatic N) is 2. The first-order valence-electron chi connectivity index (χ1n) is 11.0. The number of amides is 1. The lowest BCUT2D eigenvalue weighted by Gasteiger charge is -2.26. The third-order valence-corrected chi connectivity index (χ3v) is 9.73. The van der Waals surface area contributed by atoms with Gasteiger partial charge >= 0.3 is 0 Å². The molecule has 1 heterocycles. The van der Waals surface area contributed by atoms with Crippen LogP contribution in [0.25, 0.3) is 0 Å². The van der Waals surface area contributed by atoms with Crippen LogP contribution in [0, 0.1) is 0 Å². The number of benzene rings is 2. The first-order valence-corrected chi connectivity index (χ1v) is 13.9. The Kier molecular flexibility index (Phi) is 7.94. The summed E-state index contributed by atoms with van der Waals surface area (Å²) in [6.07, 6.45) is 2.75. The minimum atomic E-state index is -3.71. The lowest BCUT2D eigenvalue weighted by Crippen LogP contribution is -2.35. The number of carbonyl (C=O) groups excluding carboxylic acids is 1. The van der Waals surface area contributed by atoms with E-state index in [-0.39, 0.29) is 27.9 Å². The standard InChI is InChI=1S/C23H31N3O5S2/c1-18(2)25(3)32(28,29)22-12-8-10-20(16-22)23(27)24-17-19-9-7-11-21(15-19)33(30,31)26-13-5-4-6-14-26/h7-12,15-16,18H,4-6,13-14,17H2,1-3H3,(H,24,27). The predicted octanol–water partition coefficient (Wildman–Crippen LogP) is 2.82. The van der Waals surface area contributed by atoms with Gasteiger partial charge < -0.3 is 5.32 Å². The van der Waals surface area contributed by atoms with Gasteiger partial charge in [0.2, 0.25) is 20.0 Å². The zero-order valence-electron chi connectivity index (χ0n) is 19.2. The van der Waals surface area contributed by atoms with Crippen molar-refractivity contribution in [2.24, 2.45) is 0 Å². The Labute approximate surface area is 196 Å². The normalized spacial score (nSPS) is 15.7. The highest BCUT2D eigenvalue weighted by Crippen LogP contribution is 2.22. The van der Waals surface area contributed by atoms with Gasteiger partial charge in [0.15, 0.2) is 0 Å². The molecule has 8 nitrogen and oxygen atoms in total. The van der Waals surface area contributed by atoms with E-state index in [9.17, 15) is 21.6 Å². The highest BCUT2D eigenvalue weighted by atomic mass is 32.2. The number of piperidine rings is 1. The lowest BCUT2D eigenvalue weighted by molar-refractivity contribution is 0.0950. The Hall–Kier alpha value is -2.27. The molecule has 0 bridgehead atoms. The van der Waals surface area contributed by atoms with Crippen LogP contribution in [0.3, 0.4) is 0 Å². The second-order valence-electron chi connectivity index (χ2n) is 8.44. The number of nitrogens with one attached hydrogen (secondary N) is 1. The van der Waals surface area contributed by atoms with E-state index in [1.54, 1.807) is 44.2 Å². The summed E-state index contributed by atoms with van der Waals surface area (Å²) in [4.78, 5) is 12.9. The fraction of sp³-hybridized carbons (Fsp3) is 0.435. The van der Waals surface area contributed by atoms with Crippen molar-refractivity contribution in [3.05, 3.63) is 59.7 Å². The van der Waals surface area contributed by atoms with E-state index in [0.29, 0.717) is 18.7 Å². The van der Waals surface area contributed by atoms with Crippen molar-refractivity contribution in [1.29, 1.82) is 0 Å². The van der Waals surface area contributed by atoms with Gasteiger partial charge in [-0.15, -0.1) is 0 Å². The number of rotatable bonds is 8. The Morgan fingerprint density at radius 2 is 1.61 bits per heavy atom. The van der Waals surface area contributed by atoms with E-state index in [4.69, 9.17) is 0 Å². The summed E-state index contributed by atoms with van der Waals surface area (Å²) in [5.74, 6) is -0.441. The van der Waals surface area contributed by atoms with Crippen molar-refractivity contribution in [3.63, 3.8) is 0 Å². The van der Waals surface area contributed by atoms with Gasteiger partial charge in [-0.25, -0.2) is 16.8 Å². The molecule has 1 fully saturated rings. The van der Waals surface area contributed by atoms with Crippen LogP contribution >= 0.6 is 0 Å². The highest BCUT2D eigenvalue weighted by Gasteiger charge is 2.26. The summed E-state index contributed by atoms with van der Waals surface area (Å²) >= 11 is 0. The molecule has 2 aromatic rings. The molecule has 1 saturated heterocycles. The molecule has 2 aromatic carbocycles. The van der Waals surface area contributed by atoms with Crippen molar-refractivity contribution in [1.82, 2.24) is 13.9 Å². The second kappa shape index (κ2) is 10.3. The molecule has 10 heteroatoms. The summed E-state index contributed by atoms with van der Waals surface area (Å²) in [6.45, 7) is 4.70. The maximum absolute atomic E-state index is 12.9. The molecule has 1 amide bonds. The third kappa shape index (κ3) is 5.81. The van der Waals surface area contributed by atoms with Crippen molar-refractivity contribution < 1.29 is 21.6 Å². The molecule has 0 radical (unpaired) electrons. The fourth-order valence-corrected chi connectivity index (χ4v) is 6.60. The Morgan fingerprint density at radius 1 is 0.970 bits per heavy atom. The van der Waals surface area contributed by atoms with Crippen LogP contribution in [0.4, 0.5) is 0 Å². The van der Waals surface area contributed by atoms with E-state index >= 15 is 0 Å². The first kappa shape index (κ1) is 25.4. The van der Waals surface area contributed by atoms with Crippen LogP contribution in [0.1, 0.15) is 49.0 Å². The quantitative estimate of drug-likeness (QED) is 0.609. The van der Waals surface area contributed by atoms with Gasteiger partial charge in [-0.3, -0.25) is 4.79 Å². The smallest absolute Gasteiger partial charge is 0.251 e. The topological polar surface area (TPSA) is 104 Å². The highest BCUT2D eigenvalue weighted by molar-refractivity contribution is 7.89. The van der Waals surface area contributed by atoms with Crippen molar-refractivity contribution in [3.8, 4) is 0 Å². The van der Waals surface area contributed by atoms with E-state index in [1.165, 1.54) is 33.9 Å². The zero-order valence-corrected chi connectivity index (χ0v) is 20.8. The van der Waals surface area contributed by atoms with Crippen LogP contribution in [0.5, 0.6) is 0 Å². The second-order valence-corrected chi connectivity index (χ2v) is 12.4. The van der Waals surface area contributed by atoms with Crippen molar-refractivity contribution in [2.75, 3.05) is 20.1 Å². The summed E-state index contributed by atoms with van der Waals surface area (Å²) in [5, 5.41) is 2.75. The molecule has 180 valence electrons. The molecule has 0 aromatic heterocycles. The lowest BCUT2D eigenvalue weighted by atomic mass is 10.2.